The van der Waals surface area contributed by atoms with E-state index < -0.39 is 10.9 Å². The average molecular weight is 294 g/mol. The summed E-state index contributed by atoms with van der Waals surface area (Å²) < 4.78 is 4.52. The van der Waals surface area contributed by atoms with E-state index in [1.807, 2.05) is 0 Å². The Bertz CT molecular complexity index is 600. The molecule has 21 heavy (non-hydrogen) atoms. The summed E-state index contributed by atoms with van der Waals surface area (Å²) >= 11 is 0. The van der Waals surface area contributed by atoms with Gasteiger partial charge in [-0.3, -0.25) is 14.9 Å². The zero-order valence-electron chi connectivity index (χ0n) is 11.3. The second-order valence-electron chi connectivity index (χ2n) is 4.71. The molecule has 0 aromatic heterocycles. The van der Waals surface area contributed by atoms with Crippen molar-refractivity contribution < 1.29 is 24.4 Å². The molecule has 0 radical (unpaired) electrons. The van der Waals surface area contributed by atoms with E-state index in [2.05, 4.69) is 4.74 Å². The van der Waals surface area contributed by atoms with Gasteiger partial charge in [-0.2, -0.15) is 0 Å². The van der Waals surface area contributed by atoms with Crippen molar-refractivity contribution in [2.24, 2.45) is 5.92 Å². The van der Waals surface area contributed by atoms with Gasteiger partial charge in [-0.05, 0) is 12.1 Å². The van der Waals surface area contributed by atoms with Gasteiger partial charge in [-0.1, -0.05) is 0 Å². The minimum absolute atomic E-state index is 0.0401. The number of hydrogen-bond acceptors (Lipinski definition) is 6. The highest BCUT2D eigenvalue weighted by Crippen LogP contribution is 2.33. The summed E-state index contributed by atoms with van der Waals surface area (Å²) in [7, 11) is 1.18. The quantitative estimate of drug-likeness (QED) is 0.498. The number of carbonyl (C=O) groups is 2. The van der Waals surface area contributed by atoms with Gasteiger partial charge in [-0.25, -0.2) is 4.79 Å². The van der Waals surface area contributed by atoms with Crippen LogP contribution in [-0.4, -0.2) is 42.2 Å². The summed E-state index contributed by atoms with van der Waals surface area (Å²) in [5.74, 6) is -1.22. The van der Waals surface area contributed by atoms with E-state index >= 15 is 0 Å². The predicted molar refractivity (Wildman–Crippen MR) is 72.0 cm³/mol. The third kappa shape index (κ3) is 2.84. The average Bonchev–Trinajstić information content (AvgIpc) is 2.86. The smallest absolute Gasteiger partial charge is 0.338 e. The second kappa shape index (κ2) is 5.88. The number of carbonyl (C=O) groups excluding carboxylic acids is 2. The van der Waals surface area contributed by atoms with E-state index in [0.29, 0.717) is 0 Å². The molecule has 1 unspecified atom stereocenters. The third-order valence-corrected chi connectivity index (χ3v) is 3.35. The summed E-state index contributed by atoms with van der Waals surface area (Å²) in [5.41, 5.74) is -0.184. The first-order chi connectivity index (χ1) is 9.97. The number of ether oxygens (including phenoxy) is 1. The Morgan fingerprint density at radius 2 is 2.29 bits per heavy atom. The number of aliphatic hydroxyl groups excluding tert-OH is 1. The standard InChI is InChI=1S/C13H14N2O6/c1-21-13(18)9-2-3-10(11(5-9)15(19)20)14-6-8(7-16)4-12(14)17/h2-3,5,8,16H,4,6-7H2,1H3. The van der Waals surface area contributed by atoms with Crippen molar-refractivity contribution in [3.8, 4) is 0 Å². The lowest BCUT2D eigenvalue weighted by molar-refractivity contribution is -0.384. The minimum Gasteiger partial charge on any atom is -0.465 e. The van der Waals surface area contributed by atoms with Gasteiger partial charge in [0, 0.05) is 31.6 Å². The Kier molecular flexibility index (Phi) is 4.18. The van der Waals surface area contributed by atoms with Gasteiger partial charge >= 0.3 is 5.97 Å². The lowest BCUT2D eigenvalue weighted by Crippen LogP contribution is -2.26. The molecule has 1 saturated heterocycles. The lowest BCUT2D eigenvalue weighted by Gasteiger charge is -2.16. The molecule has 0 spiro atoms. The van der Waals surface area contributed by atoms with Gasteiger partial charge in [-0.15, -0.1) is 0 Å². The largest absolute Gasteiger partial charge is 0.465 e. The van der Waals surface area contributed by atoms with Gasteiger partial charge < -0.3 is 14.7 Å². The molecule has 1 fully saturated rings. The van der Waals surface area contributed by atoms with Crippen LogP contribution >= 0.6 is 0 Å². The molecule has 1 atom stereocenters. The van der Waals surface area contributed by atoms with Crippen LogP contribution in [0.25, 0.3) is 0 Å². The number of methoxy groups -OCH3 is 1. The number of nitro groups is 1. The van der Waals surface area contributed by atoms with Crippen molar-refractivity contribution in [2.45, 2.75) is 6.42 Å². The number of nitro benzene ring substituents is 1. The van der Waals surface area contributed by atoms with Gasteiger partial charge in [0.2, 0.25) is 5.91 Å². The second-order valence-corrected chi connectivity index (χ2v) is 4.71. The molecule has 112 valence electrons. The van der Waals surface area contributed by atoms with Crippen molar-refractivity contribution >= 4 is 23.3 Å². The third-order valence-electron chi connectivity index (χ3n) is 3.35. The molecule has 1 aromatic carbocycles. The first-order valence-corrected chi connectivity index (χ1v) is 6.26. The molecule has 2 rings (SSSR count). The summed E-state index contributed by atoms with van der Waals surface area (Å²) in [5, 5.41) is 20.3. The molecular formula is C13H14N2O6. The molecule has 1 aliphatic heterocycles. The molecule has 1 aliphatic rings. The maximum atomic E-state index is 11.9. The molecule has 0 aliphatic carbocycles. The summed E-state index contributed by atoms with van der Waals surface area (Å²) in [6.07, 6.45) is 0.145. The summed E-state index contributed by atoms with van der Waals surface area (Å²) in [6.45, 7) is 0.0595. The van der Waals surface area contributed by atoms with E-state index in [4.69, 9.17) is 5.11 Å². The van der Waals surface area contributed by atoms with Crippen LogP contribution in [0.1, 0.15) is 16.8 Å². The normalized spacial score (nSPS) is 17.9. The van der Waals surface area contributed by atoms with E-state index in [9.17, 15) is 19.7 Å². The first-order valence-electron chi connectivity index (χ1n) is 6.26. The maximum absolute atomic E-state index is 11.9. The Hall–Kier alpha value is -2.48. The number of amides is 1. The Labute approximate surface area is 120 Å². The zero-order chi connectivity index (χ0) is 15.6. The van der Waals surface area contributed by atoms with Crippen LogP contribution in [0.3, 0.4) is 0 Å². The van der Waals surface area contributed by atoms with E-state index in [1.54, 1.807) is 0 Å². The van der Waals surface area contributed by atoms with Gasteiger partial charge in [0.05, 0.1) is 17.6 Å². The van der Waals surface area contributed by atoms with Gasteiger partial charge in [0.15, 0.2) is 0 Å². The van der Waals surface area contributed by atoms with E-state index in [1.165, 1.54) is 24.1 Å². The fourth-order valence-electron chi connectivity index (χ4n) is 2.28. The van der Waals surface area contributed by atoms with Crippen molar-refractivity contribution in [1.82, 2.24) is 0 Å². The number of benzene rings is 1. The molecular weight excluding hydrogens is 280 g/mol. The van der Waals surface area contributed by atoms with Crippen LogP contribution in [0.2, 0.25) is 0 Å². The number of nitrogens with zero attached hydrogens (tertiary/aromatic N) is 2. The molecule has 8 heteroatoms. The zero-order valence-corrected chi connectivity index (χ0v) is 11.3. The fourth-order valence-corrected chi connectivity index (χ4v) is 2.28. The molecule has 0 saturated carbocycles. The Balaban J connectivity index is 2.42. The molecule has 8 nitrogen and oxygen atoms in total. The minimum atomic E-state index is -0.689. The topological polar surface area (TPSA) is 110 Å². The SMILES string of the molecule is COC(=O)c1ccc(N2CC(CO)CC2=O)c([N+](=O)[O-])c1. The molecule has 1 amide bonds. The van der Waals surface area contributed by atoms with Crippen LogP contribution in [0.5, 0.6) is 0 Å². The first kappa shape index (κ1) is 14.9. The summed E-state index contributed by atoms with van der Waals surface area (Å²) in [4.78, 5) is 35.1. The van der Waals surface area contributed by atoms with Crippen molar-refractivity contribution in [3.05, 3.63) is 33.9 Å². The van der Waals surface area contributed by atoms with E-state index in [0.717, 1.165) is 6.07 Å². The molecule has 1 aromatic rings. The molecule has 1 heterocycles. The van der Waals surface area contributed by atoms with Crippen LogP contribution in [0, 0.1) is 16.0 Å². The van der Waals surface area contributed by atoms with E-state index in [-0.39, 0.29) is 48.3 Å². The maximum Gasteiger partial charge on any atom is 0.338 e. The molecule has 0 bridgehead atoms. The summed E-state index contributed by atoms with van der Waals surface area (Å²) in [6, 6.07) is 3.80. The highest BCUT2D eigenvalue weighted by Gasteiger charge is 2.34. The number of rotatable bonds is 4. The Morgan fingerprint density at radius 3 is 2.81 bits per heavy atom. The predicted octanol–water partition coefficient (Wildman–Crippen LogP) is 0.727. The van der Waals surface area contributed by atoms with Crippen LogP contribution in [-0.2, 0) is 9.53 Å². The Morgan fingerprint density at radius 1 is 1.57 bits per heavy atom. The number of esters is 1. The molecule has 1 N–H and O–H groups in total. The van der Waals surface area contributed by atoms with Gasteiger partial charge in [0.1, 0.15) is 5.69 Å². The van der Waals surface area contributed by atoms with Crippen LogP contribution in [0.4, 0.5) is 11.4 Å². The number of anilines is 1. The monoisotopic (exact) mass is 294 g/mol. The number of aliphatic hydroxyl groups is 1. The van der Waals surface area contributed by atoms with Crippen molar-refractivity contribution in [3.63, 3.8) is 0 Å². The highest BCUT2D eigenvalue weighted by molar-refractivity contribution is 5.99. The highest BCUT2D eigenvalue weighted by atomic mass is 16.6. The lowest BCUT2D eigenvalue weighted by atomic mass is 10.1. The van der Waals surface area contributed by atoms with Crippen LogP contribution in [0.15, 0.2) is 18.2 Å². The van der Waals surface area contributed by atoms with Gasteiger partial charge in [0.25, 0.3) is 5.69 Å². The van der Waals surface area contributed by atoms with Crippen molar-refractivity contribution in [2.75, 3.05) is 25.2 Å². The van der Waals surface area contributed by atoms with Crippen LogP contribution < -0.4 is 4.90 Å². The van der Waals surface area contributed by atoms with Crippen molar-refractivity contribution in [1.29, 1.82) is 0 Å². The number of hydrogen-bond donors (Lipinski definition) is 1. The fraction of sp³-hybridized carbons (Fsp3) is 0.385.